The van der Waals surface area contributed by atoms with Gasteiger partial charge in [-0.25, -0.2) is 9.67 Å². The average molecular weight is 284 g/mol. The van der Waals surface area contributed by atoms with Crippen LogP contribution in [-0.4, -0.2) is 25.0 Å². The van der Waals surface area contributed by atoms with Gasteiger partial charge in [0.25, 0.3) is 0 Å². The molecule has 2 aromatic heterocycles. The Bertz CT molecular complexity index is 762. The summed E-state index contributed by atoms with van der Waals surface area (Å²) in [6, 6.07) is 6.09. The van der Waals surface area contributed by atoms with Crippen LogP contribution in [-0.2, 0) is 12.1 Å². The second-order valence-corrected chi connectivity index (χ2v) is 6.23. The van der Waals surface area contributed by atoms with E-state index >= 15 is 0 Å². The molecule has 1 aromatic carbocycles. The fourth-order valence-electron chi connectivity index (χ4n) is 2.15. The second kappa shape index (κ2) is 4.87. The Kier molecular flexibility index (Phi) is 3.16. The summed E-state index contributed by atoms with van der Waals surface area (Å²) in [5.74, 6) is 0.926. The van der Waals surface area contributed by atoms with E-state index in [1.54, 1.807) is 0 Å². The number of H-pyrrole nitrogens is 1. The summed E-state index contributed by atoms with van der Waals surface area (Å²) in [5.41, 5.74) is 3.94. The van der Waals surface area contributed by atoms with Crippen LogP contribution < -0.4 is 5.32 Å². The molecule has 0 aliphatic carbocycles. The molecule has 0 amide bonds. The van der Waals surface area contributed by atoms with Gasteiger partial charge in [-0.3, -0.25) is 0 Å². The number of rotatable bonds is 3. The van der Waals surface area contributed by atoms with Gasteiger partial charge in [-0.05, 0) is 45.9 Å². The van der Waals surface area contributed by atoms with Crippen molar-refractivity contribution in [2.75, 3.05) is 5.32 Å². The maximum atomic E-state index is 4.39. The normalized spacial score (nSPS) is 12.0. The Labute approximate surface area is 123 Å². The van der Waals surface area contributed by atoms with Crippen molar-refractivity contribution in [3.05, 3.63) is 35.9 Å². The average Bonchev–Trinajstić information content (AvgIpc) is 3.00. The third-order valence-corrected chi connectivity index (χ3v) is 3.30. The molecular weight excluding hydrogens is 264 g/mol. The molecule has 0 saturated heterocycles. The van der Waals surface area contributed by atoms with E-state index in [9.17, 15) is 0 Å². The van der Waals surface area contributed by atoms with Crippen molar-refractivity contribution in [2.45, 2.75) is 39.8 Å². The highest BCUT2D eigenvalue weighted by molar-refractivity contribution is 5.79. The lowest BCUT2D eigenvalue weighted by molar-refractivity contribution is 0.347. The number of aromatic nitrogens is 5. The number of hydrogen-bond donors (Lipinski definition) is 2. The molecule has 0 unspecified atom stereocenters. The van der Waals surface area contributed by atoms with Crippen molar-refractivity contribution in [1.29, 1.82) is 0 Å². The molecule has 0 spiro atoms. The van der Waals surface area contributed by atoms with E-state index in [4.69, 9.17) is 0 Å². The smallest absolute Gasteiger partial charge is 0.104 e. The van der Waals surface area contributed by atoms with Crippen LogP contribution in [0.15, 0.2) is 24.4 Å². The highest BCUT2D eigenvalue weighted by Gasteiger charge is 2.14. The van der Waals surface area contributed by atoms with Gasteiger partial charge in [-0.1, -0.05) is 5.21 Å². The molecular formula is C15H20N6. The first kappa shape index (κ1) is 13.6. The predicted octanol–water partition coefficient (Wildman–Crippen LogP) is 2.83. The minimum atomic E-state index is -0.0440. The summed E-state index contributed by atoms with van der Waals surface area (Å²) < 4.78 is 1.88. The minimum absolute atomic E-state index is 0.0440. The van der Waals surface area contributed by atoms with Gasteiger partial charge in [0.05, 0.1) is 29.3 Å². The van der Waals surface area contributed by atoms with E-state index in [-0.39, 0.29) is 5.54 Å². The van der Waals surface area contributed by atoms with Crippen LogP contribution in [0, 0.1) is 6.92 Å². The van der Waals surface area contributed by atoms with Crippen LogP contribution in [0.2, 0.25) is 0 Å². The van der Waals surface area contributed by atoms with E-state index in [1.165, 1.54) is 0 Å². The standard InChI is InChI=1S/C15H20N6/c1-10-17-13-6-5-11(7-14(13)18-10)16-8-12-9-21(20-19-12)15(2,3)4/h5-7,9,16H,8H2,1-4H3,(H,17,18). The van der Waals surface area contributed by atoms with Crippen LogP contribution in [0.5, 0.6) is 0 Å². The number of anilines is 1. The van der Waals surface area contributed by atoms with E-state index in [2.05, 4.69) is 52.4 Å². The Morgan fingerprint density at radius 3 is 2.81 bits per heavy atom. The van der Waals surface area contributed by atoms with Crippen LogP contribution in [0.25, 0.3) is 11.0 Å². The van der Waals surface area contributed by atoms with Crippen molar-refractivity contribution < 1.29 is 0 Å². The largest absolute Gasteiger partial charge is 0.379 e. The van der Waals surface area contributed by atoms with Gasteiger partial charge >= 0.3 is 0 Å². The number of aryl methyl sites for hydroxylation is 1. The Morgan fingerprint density at radius 1 is 1.29 bits per heavy atom. The Hall–Kier alpha value is -2.37. The quantitative estimate of drug-likeness (QED) is 0.776. The molecule has 0 radical (unpaired) electrons. The zero-order valence-electron chi connectivity index (χ0n) is 12.8. The van der Waals surface area contributed by atoms with E-state index in [0.29, 0.717) is 6.54 Å². The lowest BCUT2D eigenvalue weighted by Gasteiger charge is -2.17. The molecule has 0 bridgehead atoms. The van der Waals surface area contributed by atoms with Gasteiger partial charge in [0.15, 0.2) is 0 Å². The molecule has 3 aromatic rings. The van der Waals surface area contributed by atoms with Gasteiger partial charge in [-0.15, -0.1) is 5.10 Å². The van der Waals surface area contributed by atoms with Gasteiger partial charge in [0, 0.05) is 5.69 Å². The van der Waals surface area contributed by atoms with Crippen molar-refractivity contribution in [3.8, 4) is 0 Å². The van der Waals surface area contributed by atoms with Crippen LogP contribution in [0.1, 0.15) is 32.3 Å². The highest BCUT2D eigenvalue weighted by atomic mass is 15.4. The molecule has 0 aliphatic heterocycles. The minimum Gasteiger partial charge on any atom is -0.379 e. The predicted molar refractivity (Wildman–Crippen MR) is 83.2 cm³/mol. The first-order valence-corrected chi connectivity index (χ1v) is 7.04. The summed E-state index contributed by atoms with van der Waals surface area (Å²) in [7, 11) is 0. The maximum Gasteiger partial charge on any atom is 0.104 e. The lowest BCUT2D eigenvalue weighted by Crippen LogP contribution is -2.22. The molecule has 0 atom stereocenters. The molecule has 0 aliphatic rings. The number of imidazole rings is 1. The third kappa shape index (κ3) is 2.89. The topological polar surface area (TPSA) is 71.4 Å². The first-order chi connectivity index (χ1) is 9.91. The third-order valence-electron chi connectivity index (χ3n) is 3.30. The molecule has 6 nitrogen and oxygen atoms in total. The van der Waals surface area contributed by atoms with Crippen LogP contribution in [0.3, 0.4) is 0 Å². The lowest BCUT2D eigenvalue weighted by atomic mass is 10.1. The second-order valence-electron chi connectivity index (χ2n) is 6.23. The molecule has 110 valence electrons. The fraction of sp³-hybridized carbons (Fsp3) is 0.400. The summed E-state index contributed by atoms with van der Waals surface area (Å²) in [4.78, 5) is 7.63. The summed E-state index contributed by atoms with van der Waals surface area (Å²) in [5, 5.41) is 11.7. The zero-order valence-corrected chi connectivity index (χ0v) is 12.8. The summed E-state index contributed by atoms with van der Waals surface area (Å²) in [6.07, 6.45) is 1.98. The van der Waals surface area contributed by atoms with Crippen LogP contribution >= 0.6 is 0 Å². The van der Waals surface area contributed by atoms with Crippen molar-refractivity contribution in [1.82, 2.24) is 25.0 Å². The molecule has 21 heavy (non-hydrogen) atoms. The van der Waals surface area contributed by atoms with Gasteiger partial charge in [0.1, 0.15) is 11.5 Å². The SMILES string of the molecule is Cc1nc2ccc(NCc3cn(C(C)(C)C)nn3)cc2[nH]1. The summed E-state index contributed by atoms with van der Waals surface area (Å²) >= 11 is 0. The number of nitrogens with one attached hydrogen (secondary N) is 2. The molecule has 2 N–H and O–H groups in total. The van der Waals surface area contributed by atoms with Crippen molar-refractivity contribution in [3.63, 3.8) is 0 Å². The number of fused-ring (bicyclic) bond motifs is 1. The Morgan fingerprint density at radius 2 is 2.10 bits per heavy atom. The number of aromatic amines is 1. The van der Waals surface area contributed by atoms with Gasteiger partial charge < -0.3 is 10.3 Å². The molecule has 0 saturated carbocycles. The summed E-state index contributed by atoms with van der Waals surface area (Å²) in [6.45, 7) is 8.92. The molecule has 3 rings (SSSR count). The molecule has 0 fully saturated rings. The monoisotopic (exact) mass is 284 g/mol. The number of benzene rings is 1. The van der Waals surface area contributed by atoms with Crippen molar-refractivity contribution >= 4 is 16.7 Å². The van der Waals surface area contributed by atoms with Crippen LogP contribution in [0.4, 0.5) is 5.69 Å². The van der Waals surface area contributed by atoms with E-state index in [1.807, 2.05) is 29.9 Å². The first-order valence-electron chi connectivity index (χ1n) is 7.04. The molecule has 2 heterocycles. The zero-order chi connectivity index (χ0) is 15.0. The van der Waals surface area contributed by atoms with Crippen molar-refractivity contribution in [2.24, 2.45) is 0 Å². The van der Waals surface area contributed by atoms with E-state index < -0.39 is 0 Å². The maximum absolute atomic E-state index is 4.39. The van der Waals surface area contributed by atoms with E-state index in [0.717, 1.165) is 28.2 Å². The fourth-order valence-corrected chi connectivity index (χ4v) is 2.15. The van der Waals surface area contributed by atoms with Gasteiger partial charge in [0.2, 0.25) is 0 Å². The number of nitrogens with zero attached hydrogens (tertiary/aromatic N) is 4. The molecule has 6 heteroatoms. The van der Waals surface area contributed by atoms with Gasteiger partial charge in [-0.2, -0.15) is 0 Å². The Balaban J connectivity index is 1.72. The number of hydrogen-bond acceptors (Lipinski definition) is 4. The highest BCUT2D eigenvalue weighted by Crippen LogP contribution is 2.18.